The van der Waals surface area contributed by atoms with Gasteiger partial charge in [-0.15, -0.1) is 29.9 Å². The molecule has 0 saturated carbocycles. The third kappa shape index (κ3) is 4.68. The van der Waals surface area contributed by atoms with Gasteiger partial charge < -0.3 is 33.2 Å². The second-order valence-corrected chi connectivity index (χ2v) is 6.78. The van der Waals surface area contributed by atoms with Crippen LogP contribution in [-0.2, 0) is 4.74 Å². The molecule has 0 N–H and O–H groups in total. The number of ether oxygens (including phenoxy) is 7. The van der Waals surface area contributed by atoms with Gasteiger partial charge in [0.25, 0.3) is 0 Å². The number of carbonyl (C=O) groups excluding carboxylic acids is 1. The van der Waals surface area contributed by atoms with Crippen LogP contribution >= 0.6 is 0 Å². The highest BCUT2D eigenvalue weighted by Crippen LogP contribution is 2.36. The molecule has 0 saturated heterocycles. The van der Waals surface area contributed by atoms with E-state index in [1.165, 1.54) is 33.5 Å². The van der Waals surface area contributed by atoms with E-state index < -0.39 is 5.97 Å². The van der Waals surface area contributed by atoms with Crippen molar-refractivity contribution in [2.45, 2.75) is 0 Å². The maximum absolute atomic E-state index is 12.7. The van der Waals surface area contributed by atoms with E-state index in [-0.39, 0.29) is 53.1 Å². The molecular formula is C22H16N6O8. The Morgan fingerprint density at radius 3 is 1.53 bits per heavy atom. The summed E-state index contributed by atoms with van der Waals surface area (Å²) in [4.78, 5) is 37.3. The first-order valence-electron chi connectivity index (χ1n) is 10.2. The summed E-state index contributed by atoms with van der Waals surface area (Å²) in [6.07, 6.45) is 0. The Balaban J connectivity index is 1.71. The SMILES string of the molecule is COC(=O)c1c2cccc1Oc1nc(OC)nc(n1)Oc1cccc(c1)Oc1nc(OC)nc(n1)O2. The van der Waals surface area contributed by atoms with E-state index in [0.29, 0.717) is 11.5 Å². The fourth-order valence-corrected chi connectivity index (χ4v) is 3.00. The number of aromatic nitrogens is 6. The van der Waals surface area contributed by atoms with Crippen molar-refractivity contribution in [1.82, 2.24) is 29.9 Å². The van der Waals surface area contributed by atoms with Crippen molar-refractivity contribution in [2.24, 2.45) is 0 Å². The second kappa shape index (κ2) is 9.54. The third-order valence-electron chi connectivity index (χ3n) is 4.52. The van der Waals surface area contributed by atoms with E-state index in [9.17, 15) is 4.79 Å². The molecule has 182 valence electrons. The van der Waals surface area contributed by atoms with E-state index in [4.69, 9.17) is 33.2 Å². The standard InChI is InChI=1S/C22H16N6O8/c1-30-16(29)15-13-8-5-9-14(15)36-22-26-18(32-3)24-20(28-22)34-12-7-4-6-11(10-12)33-19-23-17(31-2)25-21(27-19)35-13/h4-10H,1-3H3. The summed E-state index contributed by atoms with van der Waals surface area (Å²) in [7, 11) is 3.94. The summed E-state index contributed by atoms with van der Waals surface area (Å²) in [5.74, 6) is -0.135. The maximum Gasteiger partial charge on any atom is 0.345 e. The van der Waals surface area contributed by atoms with Gasteiger partial charge >= 0.3 is 42.0 Å². The van der Waals surface area contributed by atoms with E-state index in [0.717, 1.165) is 0 Å². The molecule has 36 heavy (non-hydrogen) atoms. The molecule has 0 amide bonds. The lowest BCUT2D eigenvalue weighted by molar-refractivity contribution is 0.0594. The smallest absolute Gasteiger partial charge is 0.345 e. The molecule has 0 aliphatic carbocycles. The number of carbonyl (C=O) groups is 1. The Hall–Kier alpha value is -5.27. The molecular weight excluding hydrogens is 476 g/mol. The Morgan fingerprint density at radius 1 is 0.639 bits per heavy atom. The Kier molecular flexibility index (Phi) is 5.96. The average Bonchev–Trinajstić information content (AvgIpc) is 2.88. The van der Waals surface area contributed by atoms with Crippen LogP contribution < -0.4 is 28.4 Å². The molecule has 1 aliphatic heterocycles. The molecule has 14 nitrogen and oxygen atoms in total. The number of fused-ring (bicyclic) bond motifs is 8. The van der Waals surface area contributed by atoms with Gasteiger partial charge in [0.2, 0.25) is 0 Å². The minimum Gasteiger partial charge on any atom is -0.467 e. The van der Waals surface area contributed by atoms with Crippen molar-refractivity contribution >= 4 is 5.97 Å². The summed E-state index contributed by atoms with van der Waals surface area (Å²) in [5, 5.41) is 0. The Labute approximate surface area is 202 Å². The molecule has 2 aromatic heterocycles. The number of nitrogens with zero attached hydrogens (tertiary/aromatic N) is 6. The number of methoxy groups -OCH3 is 3. The Bertz CT molecular complexity index is 1360. The Morgan fingerprint density at radius 2 is 1.08 bits per heavy atom. The lowest BCUT2D eigenvalue weighted by atomic mass is 10.2. The minimum atomic E-state index is -0.772. The zero-order valence-electron chi connectivity index (χ0n) is 19.0. The van der Waals surface area contributed by atoms with Gasteiger partial charge in [-0.2, -0.15) is 0 Å². The highest BCUT2D eigenvalue weighted by molar-refractivity contribution is 5.95. The van der Waals surface area contributed by atoms with Crippen molar-refractivity contribution in [2.75, 3.05) is 21.3 Å². The minimum absolute atomic E-state index is 0.00476. The number of rotatable bonds is 3. The molecule has 0 radical (unpaired) electrons. The monoisotopic (exact) mass is 492 g/mol. The molecule has 2 aromatic carbocycles. The molecule has 1 aliphatic rings. The molecule has 14 heteroatoms. The van der Waals surface area contributed by atoms with Gasteiger partial charge in [0.1, 0.15) is 28.6 Å². The lowest BCUT2D eigenvalue weighted by Crippen LogP contribution is -2.09. The van der Waals surface area contributed by atoms with Gasteiger partial charge in [-0.1, -0.05) is 12.1 Å². The lowest BCUT2D eigenvalue weighted by Gasteiger charge is -2.14. The number of hydrogen-bond acceptors (Lipinski definition) is 14. The van der Waals surface area contributed by atoms with Crippen molar-refractivity contribution in [3.63, 3.8) is 0 Å². The average molecular weight is 492 g/mol. The van der Waals surface area contributed by atoms with Crippen LogP contribution in [0.1, 0.15) is 10.4 Å². The summed E-state index contributed by atoms with van der Waals surface area (Å²) < 4.78 is 38.3. The first kappa shape index (κ1) is 22.5. The molecule has 8 bridgehead atoms. The molecule has 3 heterocycles. The fraction of sp³-hybridized carbons (Fsp3) is 0.136. The van der Waals surface area contributed by atoms with E-state index >= 15 is 0 Å². The zero-order valence-corrected chi connectivity index (χ0v) is 19.0. The van der Waals surface area contributed by atoms with Gasteiger partial charge in [0.05, 0.1) is 21.3 Å². The van der Waals surface area contributed by atoms with Crippen LogP contribution in [0.15, 0.2) is 42.5 Å². The first-order chi connectivity index (χ1) is 17.5. The van der Waals surface area contributed by atoms with Crippen LogP contribution in [0.25, 0.3) is 0 Å². The predicted molar refractivity (Wildman–Crippen MR) is 117 cm³/mol. The van der Waals surface area contributed by atoms with Gasteiger partial charge in [-0.3, -0.25) is 0 Å². The van der Waals surface area contributed by atoms with Crippen LogP contribution in [0.5, 0.6) is 59.1 Å². The predicted octanol–water partition coefficient (Wildman–Crippen LogP) is 3.34. The molecule has 0 fully saturated rings. The van der Waals surface area contributed by atoms with Crippen LogP contribution in [-0.4, -0.2) is 57.2 Å². The van der Waals surface area contributed by atoms with E-state index in [2.05, 4.69) is 29.9 Å². The van der Waals surface area contributed by atoms with E-state index in [1.54, 1.807) is 30.3 Å². The van der Waals surface area contributed by atoms with Gasteiger partial charge in [0.15, 0.2) is 0 Å². The largest absolute Gasteiger partial charge is 0.467 e. The molecule has 0 unspecified atom stereocenters. The van der Waals surface area contributed by atoms with Crippen molar-refractivity contribution < 1.29 is 38.0 Å². The van der Waals surface area contributed by atoms with Crippen molar-refractivity contribution in [3.05, 3.63) is 48.0 Å². The van der Waals surface area contributed by atoms with Gasteiger partial charge in [-0.25, -0.2) is 4.79 Å². The summed E-state index contributed by atoms with van der Waals surface area (Å²) in [5.41, 5.74) is -0.0963. The molecule has 0 spiro atoms. The van der Waals surface area contributed by atoms with Gasteiger partial charge in [-0.05, 0) is 24.3 Å². The van der Waals surface area contributed by atoms with E-state index in [1.807, 2.05) is 0 Å². The zero-order chi connectivity index (χ0) is 25.1. The highest BCUT2D eigenvalue weighted by atomic mass is 16.6. The summed E-state index contributed by atoms with van der Waals surface area (Å²) >= 11 is 0. The number of hydrogen-bond donors (Lipinski definition) is 0. The van der Waals surface area contributed by atoms with Crippen molar-refractivity contribution in [1.29, 1.82) is 0 Å². The fourth-order valence-electron chi connectivity index (χ4n) is 3.00. The van der Waals surface area contributed by atoms with Gasteiger partial charge in [0, 0.05) is 6.07 Å². The van der Waals surface area contributed by atoms with Crippen LogP contribution in [0.4, 0.5) is 0 Å². The van der Waals surface area contributed by atoms with Crippen LogP contribution in [0.3, 0.4) is 0 Å². The topological polar surface area (TPSA) is 159 Å². The highest BCUT2D eigenvalue weighted by Gasteiger charge is 2.24. The number of benzene rings is 2. The summed E-state index contributed by atoms with van der Waals surface area (Å²) in [6, 6.07) is 10.2. The van der Waals surface area contributed by atoms with Crippen LogP contribution in [0, 0.1) is 0 Å². The second-order valence-electron chi connectivity index (χ2n) is 6.78. The molecule has 4 aromatic rings. The first-order valence-corrected chi connectivity index (χ1v) is 10.2. The molecule has 5 rings (SSSR count). The maximum atomic E-state index is 12.7. The molecule has 0 atom stereocenters. The van der Waals surface area contributed by atoms with Crippen molar-refractivity contribution in [3.8, 4) is 59.1 Å². The number of esters is 1. The van der Waals surface area contributed by atoms with Crippen LogP contribution in [0.2, 0.25) is 0 Å². The summed E-state index contributed by atoms with van der Waals surface area (Å²) in [6.45, 7) is 0. The normalized spacial score (nSPS) is 11.6. The third-order valence-corrected chi connectivity index (χ3v) is 4.52. The quantitative estimate of drug-likeness (QED) is 0.337.